The highest BCUT2D eigenvalue weighted by Gasteiger charge is 2.26. The van der Waals surface area contributed by atoms with Crippen LogP contribution in [0.2, 0.25) is 0 Å². The van der Waals surface area contributed by atoms with E-state index in [0.29, 0.717) is 12.8 Å². The van der Waals surface area contributed by atoms with Crippen molar-refractivity contribution in [1.29, 1.82) is 0 Å². The van der Waals surface area contributed by atoms with E-state index >= 15 is 0 Å². The summed E-state index contributed by atoms with van der Waals surface area (Å²) in [7, 11) is 0. The van der Waals surface area contributed by atoms with E-state index in [1.807, 2.05) is 26.0 Å². The number of hydrogen-bond donors (Lipinski definition) is 1. The lowest BCUT2D eigenvalue weighted by Gasteiger charge is -2.16. The van der Waals surface area contributed by atoms with Gasteiger partial charge in [-0.15, -0.1) is 6.58 Å². The van der Waals surface area contributed by atoms with Crippen LogP contribution in [0.1, 0.15) is 59.8 Å². The van der Waals surface area contributed by atoms with Crippen LogP contribution in [0.5, 0.6) is 0 Å². The van der Waals surface area contributed by atoms with E-state index in [1.165, 1.54) is 11.1 Å². The number of hydrogen-bond acceptors (Lipinski definition) is 3. The summed E-state index contributed by atoms with van der Waals surface area (Å²) in [6.45, 7) is 11.5. The Morgan fingerprint density at radius 1 is 1.39 bits per heavy atom. The highest BCUT2D eigenvalue weighted by atomic mass is 16.5. The fourth-order valence-electron chi connectivity index (χ4n) is 2.48. The Kier molecular flexibility index (Phi) is 7.50. The van der Waals surface area contributed by atoms with Crippen LogP contribution in [0, 0.1) is 0 Å². The molecule has 1 aliphatic rings. The minimum absolute atomic E-state index is 0.100. The molecular weight excluding hydrogens is 288 g/mol. The molecule has 0 aromatic rings. The normalized spacial score (nSPS) is 22.7. The number of carbonyl (C=O) groups excluding carboxylic acids is 1. The van der Waals surface area contributed by atoms with Gasteiger partial charge in [0.05, 0.1) is 5.60 Å². The number of esters is 1. The van der Waals surface area contributed by atoms with Crippen LogP contribution >= 0.6 is 0 Å². The van der Waals surface area contributed by atoms with Crippen molar-refractivity contribution in [2.45, 2.75) is 71.5 Å². The van der Waals surface area contributed by atoms with Gasteiger partial charge in [0.15, 0.2) is 0 Å². The molecule has 1 heterocycles. The fraction of sp³-hybridized carbons (Fsp3) is 0.550. The quantitative estimate of drug-likeness (QED) is 0.403. The zero-order valence-electron chi connectivity index (χ0n) is 14.9. The summed E-state index contributed by atoms with van der Waals surface area (Å²) in [6, 6.07) is 0. The average Bonchev–Trinajstić information content (AvgIpc) is 2.78. The highest BCUT2D eigenvalue weighted by Crippen LogP contribution is 2.23. The van der Waals surface area contributed by atoms with Gasteiger partial charge >= 0.3 is 5.97 Å². The molecule has 0 radical (unpaired) electrons. The monoisotopic (exact) mass is 318 g/mol. The van der Waals surface area contributed by atoms with Crippen LogP contribution in [0.15, 0.2) is 47.6 Å². The molecule has 1 rings (SSSR count). The first-order valence-electron chi connectivity index (χ1n) is 8.30. The summed E-state index contributed by atoms with van der Waals surface area (Å²) >= 11 is 0. The second kappa shape index (κ2) is 8.88. The molecule has 1 saturated heterocycles. The van der Waals surface area contributed by atoms with Gasteiger partial charge in [-0.25, -0.2) is 4.79 Å². The number of allylic oxidation sites excluding steroid dienone is 4. The first-order valence-corrected chi connectivity index (χ1v) is 8.30. The van der Waals surface area contributed by atoms with Gasteiger partial charge in [0.25, 0.3) is 0 Å². The topological polar surface area (TPSA) is 46.5 Å². The molecule has 0 aromatic heterocycles. The van der Waals surface area contributed by atoms with Crippen molar-refractivity contribution in [2.24, 2.45) is 0 Å². The Morgan fingerprint density at radius 2 is 2.09 bits per heavy atom. The van der Waals surface area contributed by atoms with E-state index in [-0.39, 0.29) is 12.1 Å². The lowest BCUT2D eigenvalue weighted by molar-refractivity contribution is -0.137. The lowest BCUT2D eigenvalue weighted by atomic mass is 9.99. The Balaban J connectivity index is 2.42. The number of rotatable bonds is 8. The van der Waals surface area contributed by atoms with Gasteiger partial charge in [0, 0.05) is 12.0 Å². The molecule has 0 saturated carbocycles. The predicted octanol–water partition coefficient (Wildman–Crippen LogP) is 4.64. The molecular formula is C20H30O3. The van der Waals surface area contributed by atoms with Gasteiger partial charge in [0.2, 0.25) is 0 Å². The summed E-state index contributed by atoms with van der Waals surface area (Å²) in [5.41, 5.74) is 2.42. The predicted molar refractivity (Wildman–Crippen MR) is 95.1 cm³/mol. The third-order valence-electron chi connectivity index (χ3n) is 3.97. The van der Waals surface area contributed by atoms with Crippen LogP contribution in [0.25, 0.3) is 0 Å². The van der Waals surface area contributed by atoms with Gasteiger partial charge in [0.1, 0.15) is 6.10 Å². The zero-order chi connectivity index (χ0) is 17.5. The maximum absolute atomic E-state index is 11.8. The largest absolute Gasteiger partial charge is 0.454 e. The zero-order valence-corrected chi connectivity index (χ0v) is 14.9. The molecule has 0 aromatic carbocycles. The van der Waals surface area contributed by atoms with Gasteiger partial charge in [-0.3, -0.25) is 0 Å². The lowest BCUT2D eigenvalue weighted by Crippen LogP contribution is -2.19. The smallest absolute Gasteiger partial charge is 0.334 e. The molecule has 3 heteroatoms. The minimum atomic E-state index is -0.799. The van der Waals surface area contributed by atoms with E-state index in [2.05, 4.69) is 19.6 Å². The van der Waals surface area contributed by atoms with Crippen LogP contribution in [0.4, 0.5) is 0 Å². The number of carbonyl (C=O) groups is 1. The Morgan fingerprint density at radius 3 is 2.70 bits per heavy atom. The van der Waals surface area contributed by atoms with Crippen LogP contribution in [-0.4, -0.2) is 22.8 Å². The molecule has 0 spiro atoms. The summed E-state index contributed by atoms with van der Waals surface area (Å²) in [6.07, 6.45) is 11.5. The van der Waals surface area contributed by atoms with Gasteiger partial charge < -0.3 is 9.84 Å². The molecule has 1 N–H and O–H groups in total. The van der Waals surface area contributed by atoms with Crippen molar-refractivity contribution < 1.29 is 14.6 Å². The Labute approximate surface area is 140 Å². The Hall–Kier alpha value is -1.61. The highest BCUT2D eigenvalue weighted by molar-refractivity contribution is 5.90. The molecule has 3 nitrogen and oxygen atoms in total. The fourth-order valence-corrected chi connectivity index (χ4v) is 2.48. The van der Waals surface area contributed by atoms with E-state index in [0.717, 1.165) is 24.8 Å². The van der Waals surface area contributed by atoms with Gasteiger partial charge in [-0.05, 0) is 59.5 Å². The average molecular weight is 318 g/mol. The number of ether oxygens (including phenoxy) is 1. The van der Waals surface area contributed by atoms with E-state index in [9.17, 15) is 9.90 Å². The van der Waals surface area contributed by atoms with Crippen LogP contribution < -0.4 is 0 Å². The molecule has 128 valence electrons. The molecule has 0 bridgehead atoms. The van der Waals surface area contributed by atoms with Crippen LogP contribution in [0.3, 0.4) is 0 Å². The second-order valence-corrected chi connectivity index (χ2v) is 6.81. The molecule has 1 aliphatic heterocycles. The maximum atomic E-state index is 11.8. The maximum Gasteiger partial charge on any atom is 0.334 e. The van der Waals surface area contributed by atoms with Crippen molar-refractivity contribution in [2.75, 3.05) is 0 Å². The summed E-state index contributed by atoms with van der Waals surface area (Å²) < 4.78 is 5.32. The Bertz CT molecular complexity index is 517. The van der Waals surface area contributed by atoms with E-state index in [4.69, 9.17) is 4.74 Å². The standard InChI is InChI=1S/C20H30O3/c1-6-20(5,22)12-8-10-16(4)9-7-11-17-14-18(13-15(2)3)23-19(17)21/h6,10-11,13,18,22H,1,7-9,12,14H2,2-5H3/b16-10+,17-11-/t18-,20+/m0/s1. The molecule has 0 aliphatic carbocycles. The van der Waals surface area contributed by atoms with E-state index in [1.54, 1.807) is 13.0 Å². The van der Waals surface area contributed by atoms with Crippen molar-refractivity contribution in [3.8, 4) is 0 Å². The van der Waals surface area contributed by atoms with Gasteiger partial charge in [-0.1, -0.05) is 29.4 Å². The van der Waals surface area contributed by atoms with Crippen LogP contribution in [-0.2, 0) is 9.53 Å². The minimum Gasteiger partial charge on any atom is -0.454 e. The molecule has 0 unspecified atom stereocenters. The molecule has 2 atom stereocenters. The SMILES string of the molecule is C=C[C@@](C)(O)CC/C=C(\C)CC/C=C1/C[C@H](C=C(C)C)OC1=O. The third-order valence-corrected chi connectivity index (χ3v) is 3.97. The van der Waals surface area contributed by atoms with E-state index < -0.39 is 5.60 Å². The van der Waals surface area contributed by atoms with Gasteiger partial charge in [-0.2, -0.15) is 0 Å². The summed E-state index contributed by atoms with van der Waals surface area (Å²) in [5.74, 6) is -0.184. The number of cyclic esters (lactones) is 1. The molecule has 1 fully saturated rings. The third kappa shape index (κ3) is 7.47. The van der Waals surface area contributed by atoms with Crippen molar-refractivity contribution in [1.82, 2.24) is 0 Å². The molecule has 23 heavy (non-hydrogen) atoms. The van der Waals surface area contributed by atoms with Crippen molar-refractivity contribution >= 4 is 5.97 Å². The van der Waals surface area contributed by atoms with Crippen molar-refractivity contribution in [3.05, 3.63) is 47.6 Å². The second-order valence-electron chi connectivity index (χ2n) is 6.81. The first-order chi connectivity index (χ1) is 10.7. The summed E-state index contributed by atoms with van der Waals surface area (Å²) in [4.78, 5) is 11.8. The number of aliphatic hydroxyl groups is 1. The van der Waals surface area contributed by atoms with Crippen molar-refractivity contribution in [3.63, 3.8) is 0 Å². The molecule has 0 amide bonds. The first kappa shape index (κ1) is 19.4. The summed E-state index contributed by atoms with van der Waals surface area (Å²) in [5, 5.41) is 9.86.